The van der Waals surface area contributed by atoms with E-state index in [-0.39, 0.29) is 25.3 Å². The molecule has 0 saturated heterocycles. The summed E-state index contributed by atoms with van der Waals surface area (Å²) in [6.45, 7) is 4.14. The van der Waals surface area contributed by atoms with Gasteiger partial charge in [0.1, 0.15) is 18.1 Å². The molecule has 176 valence electrons. The number of primary amides is 1. The summed E-state index contributed by atoms with van der Waals surface area (Å²) in [6, 6.07) is -3.26. The third-order valence-electron chi connectivity index (χ3n) is 4.49. The van der Waals surface area contributed by atoms with Crippen LogP contribution in [0.5, 0.6) is 0 Å². The van der Waals surface area contributed by atoms with Crippen molar-refractivity contribution in [2.24, 2.45) is 17.4 Å². The number of nitrogens with one attached hydrogen (secondary N) is 4. The first-order valence-electron chi connectivity index (χ1n) is 9.80. The average molecular weight is 444 g/mol. The molecule has 0 radical (unpaired) electrons. The van der Waals surface area contributed by atoms with Gasteiger partial charge in [0.15, 0.2) is 0 Å². The van der Waals surface area contributed by atoms with Crippen LogP contribution < -0.4 is 32.7 Å². The van der Waals surface area contributed by atoms with E-state index >= 15 is 0 Å². The molecule has 0 aromatic rings. The minimum atomic E-state index is -1.35. The van der Waals surface area contributed by atoms with E-state index < -0.39 is 60.2 Å². The highest BCUT2D eigenvalue weighted by atomic mass is 16.4. The first-order valence-corrected chi connectivity index (χ1v) is 9.80. The number of hydrogen-bond donors (Lipinski definition) is 7. The van der Waals surface area contributed by atoms with Crippen LogP contribution in [0, 0.1) is 5.92 Å². The number of aliphatic carboxylic acids is 1. The number of carboxylic acids is 1. The molecule has 0 spiro atoms. The van der Waals surface area contributed by atoms with Crippen LogP contribution in [0.1, 0.15) is 40.0 Å². The Bertz CT molecular complexity index is 684. The summed E-state index contributed by atoms with van der Waals surface area (Å²) in [7, 11) is 0. The summed E-state index contributed by atoms with van der Waals surface area (Å²) >= 11 is 0. The summed E-state index contributed by atoms with van der Waals surface area (Å²) in [4.78, 5) is 70.0. The molecule has 0 aliphatic rings. The minimum absolute atomic E-state index is 0.192. The molecule has 13 heteroatoms. The van der Waals surface area contributed by atoms with Crippen LogP contribution in [-0.4, -0.2) is 71.8 Å². The zero-order valence-corrected chi connectivity index (χ0v) is 17.9. The SMILES string of the molecule is CCC(C)C(NC(=O)CN)C(=O)NC(C)C(=O)NCC(=O)NC(CCC(N)=O)C(=O)O. The van der Waals surface area contributed by atoms with Crippen molar-refractivity contribution in [2.75, 3.05) is 13.1 Å². The van der Waals surface area contributed by atoms with E-state index in [9.17, 15) is 28.8 Å². The van der Waals surface area contributed by atoms with Crippen LogP contribution in [0.3, 0.4) is 0 Å². The van der Waals surface area contributed by atoms with Gasteiger partial charge < -0.3 is 37.8 Å². The van der Waals surface area contributed by atoms with Crippen molar-refractivity contribution in [2.45, 2.75) is 58.2 Å². The Hall–Kier alpha value is -3.22. The third-order valence-corrected chi connectivity index (χ3v) is 4.49. The van der Waals surface area contributed by atoms with Crippen molar-refractivity contribution in [1.29, 1.82) is 0 Å². The molecule has 0 aliphatic carbocycles. The van der Waals surface area contributed by atoms with E-state index in [2.05, 4.69) is 21.3 Å². The third kappa shape index (κ3) is 10.9. The van der Waals surface area contributed by atoms with Crippen LogP contribution in [0.15, 0.2) is 0 Å². The molecule has 0 heterocycles. The van der Waals surface area contributed by atoms with E-state index in [0.29, 0.717) is 6.42 Å². The molecule has 5 amide bonds. The highest BCUT2D eigenvalue weighted by Gasteiger charge is 2.28. The average Bonchev–Trinajstić information content (AvgIpc) is 2.71. The maximum atomic E-state index is 12.5. The molecule has 4 unspecified atom stereocenters. The second-order valence-corrected chi connectivity index (χ2v) is 7.05. The molecule has 0 aromatic heterocycles. The Morgan fingerprint density at radius 1 is 0.935 bits per heavy atom. The molecule has 0 saturated carbocycles. The van der Waals surface area contributed by atoms with Gasteiger partial charge in [0.2, 0.25) is 29.5 Å². The topological polar surface area (TPSA) is 223 Å². The van der Waals surface area contributed by atoms with Gasteiger partial charge in [-0.1, -0.05) is 20.3 Å². The van der Waals surface area contributed by atoms with E-state index in [0.717, 1.165) is 0 Å². The lowest BCUT2D eigenvalue weighted by Gasteiger charge is -2.25. The Morgan fingerprint density at radius 3 is 2.03 bits per heavy atom. The van der Waals surface area contributed by atoms with Gasteiger partial charge in [-0.15, -0.1) is 0 Å². The molecule has 31 heavy (non-hydrogen) atoms. The van der Waals surface area contributed by atoms with Gasteiger partial charge in [0.05, 0.1) is 13.1 Å². The lowest BCUT2D eigenvalue weighted by Crippen LogP contribution is -2.56. The fourth-order valence-corrected chi connectivity index (χ4v) is 2.41. The van der Waals surface area contributed by atoms with Gasteiger partial charge in [-0.2, -0.15) is 0 Å². The zero-order valence-electron chi connectivity index (χ0n) is 17.9. The van der Waals surface area contributed by atoms with E-state index in [1.807, 2.05) is 6.92 Å². The standard InChI is InChI=1S/C18H32N6O7/c1-4-9(2)15(24-13(26)7-19)17(29)22-10(3)16(28)21-8-14(27)23-11(18(30)31)5-6-12(20)25/h9-11,15H,4-8,19H2,1-3H3,(H2,20,25)(H,21,28)(H,22,29)(H,23,27)(H,24,26)(H,30,31). The van der Waals surface area contributed by atoms with Crippen molar-refractivity contribution in [3.8, 4) is 0 Å². The van der Waals surface area contributed by atoms with E-state index in [1.165, 1.54) is 6.92 Å². The fourth-order valence-electron chi connectivity index (χ4n) is 2.41. The molecule has 4 atom stereocenters. The summed E-state index contributed by atoms with van der Waals surface area (Å²) in [5.74, 6) is -4.87. The largest absolute Gasteiger partial charge is 0.480 e. The second kappa shape index (κ2) is 13.9. The minimum Gasteiger partial charge on any atom is -0.480 e. The Morgan fingerprint density at radius 2 is 1.55 bits per heavy atom. The van der Waals surface area contributed by atoms with Crippen LogP contribution in [-0.2, 0) is 28.8 Å². The molecule has 9 N–H and O–H groups in total. The first-order chi connectivity index (χ1) is 14.4. The highest BCUT2D eigenvalue weighted by Crippen LogP contribution is 2.08. The number of carbonyl (C=O) groups excluding carboxylic acids is 5. The van der Waals surface area contributed by atoms with Crippen molar-refractivity contribution < 1.29 is 33.9 Å². The Labute approximate surface area is 180 Å². The van der Waals surface area contributed by atoms with Crippen molar-refractivity contribution in [1.82, 2.24) is 21.3 Å². The summed E-state index contributed by atoms with van der Waals surface area (Å²) in [6.07, 6.45) is 0.164. The summed E-state index contributed by atoms with van der Waals surface area (Å²) < 4.78 is 0. The second-order valence-electron chi connectivity index (χ2n) is 7.05. The Kier molecular flexibility index (Phi) is 12.5. The molecule has 13 nitrogen and oxygen atoms in total. The molecule has 0 aromatic carbocycles. The van der Waals surface area contributed by atoms with Gasteiger partial charge in [-0.05, 0) is 19.3 Å². The van der Waals surface area contributed by atoms with Crippen LogP contribution >= 0.6 is 0 Å². The van der Waals surface area contributed by atoms with Gasteiger partial charge in [0.25, 0.3) is 0 Å². The first kappa shape index (κ1) is 27.8. The molecular formula is C18H32N6O7. The van der Waals surface area contributed by atoms with Gasteiger partial charge in [0, 0.05) is 6.42 Å². The van der Waals surface area contributed by atoms with Gasteiger partial charge in [-0.3, -0.25) is 24.0 Å². The van der Waals surface area contributed by atoms with Gasteiger partial charge >= 0.3 is 5.97 Å². The predicted octanol–water partition coefficient (Wildman–Crippen LogP) is -3.07. The highest BCUT2D eigenvalue weighted by molar-refractivity contribution is 5.94. The maximum absolute atomic E-state index is 12.5. The number of nitrogens with two attached hydrogens (primary N) is 2. The van der Waals surface area contributed by atoms with E-state index in [1.54, 1.807) is 6.92 Å². The number of amides is 5. The maximum Gasteiger partial charge on any atom is 0.326 e. The lowest BCUT2D eigenvalue weighted by molar-refractivity contribution is -0.142. The number of carboxylic acid groups (broad SMARTS) is 1. The normalized spacial score (nSPS) is 14.3. The van der Waals surface area contributed by atoms with Crippen molar-refractivity contribution >= 4 is 35.5 Å². The van der Waals surface area contributed by atoms with Crippen molar-refractivity contribution in [3.05, 3.63) is 0 Å². The van der Waals surface area contributed by atoms with Crippen LogP contribution in [0.2, 0.25) is 0 Å². The number of rotatable bonds is 14. The molecule has 0 rings (SSSR count). The van der Waals surface area contributed by atoms with Crippen LogP contribution in [0.25, 0.3) is 0 Å². The molecule has 0 aliphatic heterocycles. The van der Waals surface area contributed by atoms with Gasteiger partial charge in [-0.25, -0.2) is 4.79 Å². The molecule has 0 bridgehead atoms. The Balaban J connectivity index is 4.74. The fraction of sp³-hybridized carbons (Fsp3) is 0.667. The summed E-state index contributed by atoms with van der Waals surface area (Å²) in [5.41, 5.74) is 10.2. The molecular weight excluding hydrogens is 412 g/mol. The predicted molar refractivity (Wildman–Crippen MR) is 109 cm³/mol. The van der Waals surface area contributed by atoms with Crippen molar-refractivity contribution in [3.63, 3.8) is 0 Å². The monoisotopic (exact) mass is 444 g/mol. The quantitative estimate of drug-likeness (QED) is 0.145. The number of hydrogen-bond acceptors (Lipinski definition) is 7. The number of carbonyl (C=O) groups is 6. The zero-order chi connectivity index (χ0) is 24.1. The smallest absolute Gasteiger partial charge is 0.326 e. The lowest BCUT2D eigenvalue weighted by atomic mass is 9.98. The van der Waals surface area contributed by atoms with Crippen LogP contribution in [0.4, 0.5) is 0 Å². The molecule has 0 fully saturated rings. The summed E-state index contributed by atoms with van der Waals surface area (Å²) in [5, 5.41) is 18.5. The van der Waals surface area contributed by atoms with E-state index in [4.69, 9.17) is 16.6 Å².